The van der Waals surface area contributed by atoms with Gasteiger partial charge in [-0.25, -0.2) is 0 Å². The molecule has 6 nitrogen and oxygen atoms in total. The van der Waals surface area contributed by atoms with E-state index < -0.39 is 42.7 Å². The van der Waals surface area contributed by atoms with Gasteiger partial charge in [0, 0.05) is 0 Å². The predicted molar refractivity (Wildman–Crippen MR) is 50.1 cm³/mol. The maximum atomic E-state index is 9.83. The van der Waals surface area contributed by atoms with Crippen LogP contribution in [-0.2, 0) is 4.74 Å². The smallest absolute Gasteiger partial charge is 0.148 e. The Labute approximate surface area is 87.7 Å². The molecule has 1 rings (SSSR count). The summed E-state index contributed by atoms with van der Waals surface area (Å²) in [7, 11) is 0. The number of hydrogen-bond donors (Lipinski definition) is 5. The zero-order valence-electron chi connectivity index (χ0n) is 8.79. The van der Waals surface area contributed by atoms with Gasteiger partial charge in [0.1, 0.15) is 23.9 Å². The first-order valence-corrected chi connectivity index (χ1v) is 4.78. The van der Waals surface area contributed by atoms with Gasteiger partial charge in [-0.3, -0.25) is 0 Å². The fourth-order valence-electron chi connectivity index (χ4n) is 1.86. The molecule has 0 aromatic carbocycles. The maximum absolute atomic E-state index is 9.83. The first-order valence-electron chi connectivity index (χ1n) is 4.78. The first-order chi connectivity index (χ1) is 6.80. The molecule has 1 fully saturated rings. The molecule has 90 valence electrons. The van der Waals surface area contributed by atoms with Crippen LogP contribution in [0.1, 0.15) is 13.8 Å². The summed E-state index contributed by atoms with van der Waals surface area (Å²) < 4.78 is 5.19. The van der Waals surface area contributed by atoms with Gasteiger partial charge in [0.05, 0.1) is 18.8 Å². The summed E-state index contributed by atoms with van der Waals surface area (Å²) in [5.74, 6) is 0. The van der Waals surface area contributed by atoms with Gasteiger partial charge in [-0.2, -0.15) is 0 Å². The third kappa shape index (κ3) is 1.77. The number of hydrogen-bond acceptors (Lipinski definition) is 6. The van der Waals surface area contributed by atoms with E-state index in [1.807, 2.05) is 0 Å². The number of aliphatic hydroxyl groups is 5. The molecule has 1 aliphatic heterocycles. The van der Waals surface area contributed by atoms with Crippen LogP contribution < -0.4 is 0 Å². The van der Waals surface area contributed by atoms with Crippen molar-refractivity contribution < 1.29 is 30.3 Å². The Bertz CT molecular complexity index is 225. The minimum atomic E-state index is -1.67. The van der Waals surface area contributed by atoms with Crippen LogP contribution in [0.2, 0.25) is 0 Å². The normalized spacial score (nSPS) is 42.2. The van der Waals surface area contributed by atoms with Crippen molar-refractivity contribution in [2.45, 2.75) is 43.4 Å². The summed E-state index contributed by atoms with van der Waals surface area (Å²) in [4.78, 5) is 0. The molecule has 0 saturated carbocycles. The molecule has 0 bridgehead atoms. The Morgan fingerprint density at radius 2 is 1.80 bits per heavy atom. The topological polar surface area (TPSA) is 110 Å². The van der Waals surface area contributed by atoms with Gasteiger partial charge in [-0.1, -0.05) is 0 Å². The second kappa shape index (κ2) is 3.97. The van der Waals surface area contributed by atoms with Crippen LogP contribution in [0.15, 0.2) is 0 Å². The average molecular weight is 222 g/mol. The molecule has 0 amide bonds. The van der Waals surface area contributed by atoms with Crippen LogP contribution in [0.25, 0.3) is 0 Å². The number of rotatable bonds is 3. The number of aliphatic hydroxyl groups excluding tert-OH is 4. The number of ether oxygens (including phenoxy) is 1. The molecule has 1 saturated heterocycles. The van der Waals surface area contributed by atoms with Gasteiger partial charge in [-0.05, 0) is 13.8 Å². The van der Waals surface area contributed by atoms with Crippen molar-refractivity contribution in [1.82, 2.24) is 0 Å². The summed E-state index contributed by atoms with van der Waals surface area (Å²) >= 11 is 0. The minimum Gasteiger partial charge on any atom is -0.394 e. The molecule has 5 N–H and O–H groups in total. The van der Waals surface area contributed by atoms with Crippen LogP contribution >= 0.6 is 0 Å². The van der Waals surface area contributed by atoms with Gasteiger partial charge in [0.25, 0.3) is 0 Å². The maximum Gasteiger partial charge on any atom is 0.148 e. The van der Waals surface area contributed by atoms with E-state index in [9.17, 15) is 20.4 Å². The first kappa shape index (κ1) is 12.8. The Morgan fingerprint density at radius 1 is 1.27 bits per heavy atom. The zero-order chi connectivity index (χ0) is 11.9. The van der Waals surface area contributed by atoms with E-state index in [0.717, 1.165) is 0 Å². The molecule has 4 atom stereocenters. The molecular weight excluding hydrogens is 204 g/mol. The van der Waals surface area contributed by atoms with Crippen LogP contribution in [0.4, 0.5) is 0 Å². The third-order valence-electron chi connectivity index (χ3n) is 2.99. The average Bonchev–Trinajstić information content (AvgIpc) is 2.40. The lowest BCUT2D eigenvalue weighted by Gasteiger charge is -2.40. The Balaban J connectivity index is 3.03. The van der Waals surface area contributed by atoms with Gasteiger partial charge < -0.3 is 30.3 Å². The van der Waals surface area contributed by atoms with Gasteiger partial charge in [0.15, 0.2) is 0 Å². The Morgan fingerprint density at radius 3 is 2.00 bits per heavy atom. The monoisotopic (exact) mass is 222 g/mol. The molecule has 1 heterocycles. The van der Waals surface area contributed by atoms with Crippen molar-refractivity contribution in [3.8, 4) is 0 Å². The highest BCUT2D eigenvalue weighted by Gasteiger charge is 2.60. The zero-order valence-corrected chi connectivity index (χ0v) is 8.79. The highest BCUT2D eigenvalue weighted by Crippen LogP contribution is 2.39. The summed E-state index contributed by atoms with van der Waals surface area (Å²) in [5.41, 5.74) is -3.20. The second-order valence-corrected chi connectivity index (χ2v) is 4.38. The summed E-state index contributed by atoms with van der Waals surface area (Å²) in [6.45, 7) is 1.58. The van der Waals surface area contributed by atoms with Crippen molar-refractivity contribution in [1.29, 1.82) is 0 Å². The van der Waals surface area contributed by atoms with Crippen molar-refractivity contribution in [3.05, 3.63) is 0 Å². The molecule has 0 spiro atoms. The summed E-state index contributed by atoms with van der Waals surface area (Å²) in [6, 6.07) is 0. The molecule has 0 aromatic rings. The van der Waals surface area contributed by atoms with Crippen LogP contribution in [0.3, 0.4) is 0 Å². The lowest BCUT2D eigenvalue weighted by Crippen LogP contribution is -2.60. The van der Waals surface area contributed by atoms with E-state index in [0.29, 0.717) is 0 Å². The van der Waals surface area contributed by atoms with Crippen LogP contribution in [0, 0.1) is 0 Å². The summed E-state index contributed by atoms with van der Waals surface area (Å²) in [5, 5.41) is 47.2. The van der Waals surface area contributed by atoms with E-state index in [4.69, 9.17) is 9.84 Å². The minimum absolute atomic E-state index is 0.490. The van der Waals surface area contributed by atoms with Crippen molar-refractivity contribution in [2.75, 3.05) is 13.2 Å². The molecule has 1 unspecified atom stereocenters. The van der Waals surface area contributed by atoms with Crippen LogP contribution in [0.5, 0.6) is 0 Å². The fraction of sp³-hybridized carbons (Fsp3) is 1.00. The van der Waals surface area contributed by atoms with E-state index in [1.54, 1.807) is 0 Å². The SMILES string of the molecule is CC(C)(O)[C@]1(CO)O[C@H](CO)[C@H](O)C1O. The highest BCUT2D eigenvalue weighted by molar-refractivity contribution is 5.09. The van der Waals surface area contributed by atoms with Crippen molar-refractivity contribution in [3.63, 3.8) is 0 Å². The molecular formula is C9H18O6. The summed E-state index contributed by atoms with van der Waals surface area (Å²) in [6.07, 6.45) is -3.77. The largest absolute Gasteiger partial charge is 0.394 e. The van der Waals surface area contributed by atoms with Crippen molar-refractivity contribution >= 4 is 0 Å². The molecule has 0 radical (unpaired) electrons. The predicted octanol–water partition coefficient (Wildman–Crippen LogP) is -2.40. The molecule has 0 aliphatic carbocycles. The van der Waals surface area contributed by atoms with E-state index in [1.165, 1.54) is 13.8 Å². The van der Waals surface area contributed by atoms with E-state index in [2.05, 4.69) is 0 Å². The molecule has 0 aromatic heterocycles. The van der Waals surface area contributed by atoms with Gasteiger partial charge in [0.2, 0.25) is 0 Å². The lowest BCUT2D eigenvalue weighted by molar-refractivity contribution is -0.210. The quantitative estimate of drug-likeness (QED) is 0.364. The van der Waals surface area contributed by atoms with Crippen LogP contribution in [-0.4, -0.2) is 68.3 Å². The molecule has 1 aliphatic rings. The highest BCUT2D eigenvalue weighted by atomic mass is 16.6. The lowest BCUT2D eigenvalue weighted by atomic mass is 9.81. The van der Waals surface area contributed by atoms with E-state index >= 15 is 0 Å². The molecule has 15 heavy (non-hydrogen) atoms. The third-order valence-corrected chi connectivity index (χ3v) is 2.99. The standard InChI is InChI=1S/C9H18O6/c1-8(2,14)9(4-11)7(13)6(12)5(3-10)15-9/h5-7,10-14H,3-4H2,1-2H3/t5-,6+,7?,9-/m1/s1. The van der Waals surface area contributed by atoms with E-state index in [-0.39, 0.29) is 0 Å². The Hall–Kier alpha value is -0.240. The van der Waals surface area contributed by atoms with Gasteiger partial charge in [-0.15, -0.1) is 0 Å². The van der Waals surface area contributed by atoms with Gasteiger partial charge >= 0.3 is 0 Å². The van der Waals surface area contributed by atoms with Crippen molar-refractivity contribution in [2.24, 2.45) is 0 Å². The fourth-order valence-corrected chi connectivity index (χ4v) is 1.86. The second-order valence-electron chi connectivity index (χ2n) is 4.38. The molecule has 6 heteroatoms. The Kier molecular flexibility index (Phi) is 3.39.